The Hall–Kier alpha value is -6.42. The van der Waals surface area contributed by atoms with Crippen LogP contribution in [0.25, 0.3) is 0 Å². The highest BCUT2D eigenvalue weighted by atomic mass is 16.6. The summed E-state index contributed by atoms with van der Waals surface area (Å²) >= 11 is 0. The molecule has 6 rings (SSSR count). The molecule has 2 aromatic heterocycles. The first kappa shape index (κ1) is 40.8. The maximum Gasteiger partial charge on any atom is 0.339 e. The van der Waals surface area contributed by atoms with Gasteiger partial charge in [0.25, 0.3) is 11.1 Å². The average Bonchev–Trinajstić information content (AvgIpc) is 3.59. The third kappa shape index (κ3) is 8.29. The highest BCUT2D eigenvalue weighted by Crippen LogP contribution is 2.46. The second-order valence-electron chi connectivity index (χ2n) is 12.7. The van der Waals surface area contributed by atoms with E-state index in [0.717, 1.165) is 33.5 Å². The lowest BCUT2D eigenvalue weighted by molar-refractivity contribution is -0.0886. The Bertz CT molecular complexity index is 2380. The van der Waals surface area contributed by atoms with Gasteiger partial charge < -0.3 is 34.3 Å². The molecule has 5 N–H and O–H groups in total. The first-order valence-electron chi connectivity index (χ1n) is 17.0. The Morgan fingerprint density at radius 3 is 1.80 bits per heavy atom. The number of ether oxygens (including phenoxy) is 4. The van der Waals surface area contributed by atoms with Gasteiger partial charge in [0.2, 0.25) is 0 Å². The molecule has 2 fully saturated rings. The number of rotatable bonds is 10. The van der Waals surface area contributed by atoms with Crippen molar-refractivity contribution >= 4 is 11.9 Å². The molecular formula is C39H38N4O13. The third-order valence-electron chi connectivity index (χ3n) is 9.20. The van der Waals surface area contributed by atoms with Gasteiger partial charge >= 0.3 is 23.3 Å². The zero-order chi connectivity index (χ0) is 40.6. The topological polar surface area (TPSA) is 241 Å². The largest absolute Gasteiger partial charge is 0.459 e. The normalized spacial score (nSPS) is 26.4. The maximum absolute atomic E-state index is 13.1. The van der Waals surface area contributed by atoms with E-state index in [1.165, 1.54) is 12.3 Å². The lowest BCUT2D eigenvalue weighted by Crippen LogP contribution is -2.47. The minimum absolute atomic E-state index is 0.181. The molecule has 8 atom stereocenters. The summed E-state index contributed by atoms with van der Waals surface area (Å²) in [6.07, 6.45) is -1.05. The number of aromatic amines is 2. The quantitative estimate of drug-likeness (QED) is 0.111. The summed E-state index contributed by atoms with van der Waals surface area (Å²) in [6, 6.07) is 19.0. The number of H-pyrrole nitrogens is 2. The number of aliphatic hydroxyl groups excluding tert-OH is 2. The predicted octanol–water partition coefficient (Wildman–Crippen LogP) is 0.723. The van der Waals surface area contributed by atoms with Gasteiger partial charge in [-0.25, -0.2) is 19.2 Å². The highest BCUT2D eigenvalue weighted by molar-refractivity contribution is 5.90. The van der Waals surface area contributed by atoms with Crippen LogP contribution >= 0.6 is 0 Å². The molecule has 0 bridgehead atoms. The molecule has 292 valence electrons. The molecule has 0 spiro atoms. The van der Waals surface area contributed by atoms with Crippen molar-refractivity contribution < 1.29 is 43.9 Å². The summed E-state index contributed by atoms with van der Waals surface area (Å²) in [5.41, 5.74) is -0.728. The molecule has 4 heterocycles. The molecule has 0 amide bonds. The SMILES string of the molecule is C=C=C[C@@]1(O)C(O)[C@@H](CO)O[C@H]1n1ccc(=O)[nH]c1=O.C=C=C[C@@]1(OC(=O)c2ccccc2)C(C)[C@@H](COC(=O)c2ccccc2)O[C@H]1n1ccc(=O)[nH]c1=O. The monoisotopic (exact) mass is 770 g/mol. The predicted molar refractivity (Wildman–Crippen MR) is 196 cm³/mol. The van der Waals surface area contributed by atoms with Crippen molar-refractivity contribution in [1.82, 2.24) is 19.1 Å². The summed E-state index contributed by atoms with van der Waals surface area (Å²) in [4.78, 5) is 77.0. The van der Waals surface area contributed by atoms with Crippen LogP contribution in [0.4, 0.5) is 0 Å². The molecule has 4 aromatic rings. The molecule has 0 aliphatic carbocycles. The number of aliphatic hydroxyl groups is 3. The summed E-state index contributed by atoms with van der Waals surface area (Å²) in [6.45, 7) is 7.94. The van der Waals surface area contributed by atoms with E-state index in [2.05, 4.69) is 29.6 Å². The van der Waals surface area contributed by atoms with Crippen LogP contribution in [0.15, 0.2) is 141 Å². The van der Waals surface area contributed by atoms with Crippen molar-refractivity contribution in [2.75, 3.05) is 13.2 Å². The maximum atomic E-state index is 13.1. The van der Waals surface area contributed by atoms with Crippen molar-refractivity contribution in [2.45, 2.75) is 48.9 Å². The number of hydrogen-bond acceptors (Lipinski definition) is 13. The van der Waals surface area contributed by atoms with E-state index >= 15 is 0 Å². The minimum atomic E-state index is -2.00. The van der Waals surface area contributed by atoms with Crippen LogP contribution in [0.1, 0.15) is 40.1 Å². The van der Waals surface area contributed by atoms with Crippen LogP contribution in [-0.2, 0) is 18.9 Å². The van der Waals surface area contributed by atoms with E-state index in [0.29, 0.717) is 5.56 Å². The van der Waals surface area contributed by atoms with Crippen LogP contribution in [-0.4, -0.2) is 89.1 Å². The molecular weight excluding hydrogens is 732 g/mol. The van der Waals surface area contributed by atoms with Gasteiger partial charge in [-0.05, 0) is 30.3 Å². The fourth-order valence-electron chi connectivity index (χ4n) is 6.28. The van der Waals surface area contributed by atoms with E-state index in [-0.39, 0.29) is 12.2 Å². The number of esters is 2. The molecule has 2 unspecified atom stereocenters. The first-order chi connectivity index (χ1) is 26.8. The Balaban J connectivity index is 0.000000253. The van der Waals surface area contributed by atoms with E-state index in [4.69, 9.17) is 24.1 Å². The molecule has 0 saturated carbocycles. The second kappa shape index (κ2) is 17.4. The second-order valence-corrected chi connectivity index (χ2v) is 12.7. The van der Waals surface area contributed by atoms with Gasteiger partial charge in [0.15, 0.2) is 23.7 Å². The Morgan fingerprint density at radius 1 is 0.804 bits per heavy atom. The van der Waals surface area contributed by atoms with Crippen molar-refractivity contribution in [2.24, 2.45) is 5.92 Å². The molecule has 2 saturated heterocycles. The third-order valence-corrected chi connectivity index (χ3v) is 9.20. The van der Waals surface area contributed by atoms with Gasteiger partial charge in [0.1, 0.15) is 24.9 Å². The fourth-order valence-corrected chi connectivity index (χ4v) is 6.28. The zero-order valence-corrected chi connectivity index (χ0v) is 29.8. The molecule has 2 aliphatic rings. The number of hydrogen-bond donors (Lipinski definition) is 5. The van der Waals surface area contributed by atoms with Crippen LogP contribution < -0.4 is 22.5 Å². The number of nitrogens with one attached hydrogen (secondary N) is 2. The van der Waals surface area contributed by atoms with Crippen LogP contribution in [0.3, 0.4) is 0 Å². The molecule has 2 aromatic carbocycles. The van der Waals surface area contributed by atoms with E-state index in [9.17, 15) is 39.0 Å². The standard InChI is InChI=1S/C27H24N2O7.C12H14N2O6/c1-3-15-27(36-24(32)20-12-8-5-9-13-20)18(2)21(17-34-23(31)19-10-6-4-7-11-19)35-25(27)29-16-14-22(30)28-26(29)33;1-2-4-12(19)9(17)7(6-15)20-10(12)14-5-3-8(16)13-11(14)18/h4-16,18,21,25H,1,17H2,2H3,(H,28,30,33);3-5,7,9-10,15,17,19H,1,6H2,(H,13,16,18)/t18?,21-,25-,27-;7-,9?,10-,12-/m11/s1. The summed E-state index contributed by atoms with van der Waals surface area (Å²) in [7, 11) is 0. The number of carbonyl (C=O) groups excluding carboxylic acids is 2. The highest BCUT2D eigenvalue weighted by Gasteiger charge is 2.58. The minimum Gasteiger partial charge on any atom is -0.459 e. The van der Waals surface area contributed by atoms with Crippen molar-refractivity contribution in [3.63, 3.8) is 0 Å². The summed E-state index contributed by atoms with van der Waals surface area (Å²) in [5.74, 6) is -1.84. The summed E-state index contributed by atoms with van der Waals surface area (Å²) in [5, 5.41) is 29.6. The van der Waals surface area contributed by atoms with Gasteiger partial charge in [-0.15, -0.1) is 11.5 Å². The van der Waals surface area contributed by atoms with Gasteiger partial charge in [0, 0.05) is 36.5 Å². The van der Waals surface area contributed by atoms with Gasteiger partial charge in [-0.1, -0.05) is 56.5 Å². The Morgan fingerprint density at radius 2 is 1.30 bits per heavy atom. The zero-order valence-electron chi connectivity index (χ0n) is 29.8. The number of nitrogens with zero attached hydrogens (tertiary/aromatic N) is 2. The number of benzene rings is 2. The van der Waals surface area contributed by atoms with Crippen LogP contribution in [0.5, 0.6) is 0 Å². The fraction of sp³-hybridized carbons (Fsp3) is 0.282. The van der Waals surface area contributed by atoms with E-state index in [1.54, 1.807) is 67.6 Å². The lowest BCUT2D eigenvalue weighted by Gasteiger charge is -2.34. The molecule has 0 radical (unpaired) electrons. The van der Waals surface area contributed by atoms with E-state index in [1.807, 2.05) is 4.98 Å². The smallest absolute Gasteiger partial charge is 0.339 e. The van der Waals surface area contributed by atoms with Crippen molar-refractivity contribution in [1.29, 1.82) is 0 Å². The molecule has 17 nitrogen and oxygen atoms in total. The molecule has 56 heavy (non-hydrogen) atoms. The lowest BCUT2D eigenvalue weighted by atomic mass is 9.85. The molecule has 2 aliphatic heterocycles. The van der Waals surface area contributed by atoms with Gasteiger partial charge in [-0.2, -0.15) is 0 Å². The van der Waals surface area contributed by atoms with Gasteiger partial charge in [-0.3, -0.25) is 28.7 Å². The van der Waals surface area contributed by atoms with Crippen LogP contribution in [0, 0.1) is 5.92 Å². The number of aromatic nitrogens is 4. The van der Waals surface area contributed by atoms with Gasteiger partial charge in [0.05, 0.1) is 17.7 Å². The number of carbonyl (C=O) groups is 2. The Labute approximate surface area is 317 Å². The molecule has 17 heteroatoms. The van der Waals surface area contributed by atoms with Crippen molar-refractivity contribution in [3.8, 4) is 0 Å². The van der Waals surface area contributed by atoms with Crippen LogP contribution in [0.2, 0.25) is 0 Å². The first-order valence-corrected chi connectivity index (χ1v) is 17.0. The summed E-state index contributed by atoms with van der Waals surface area (Å²) < 4.78 is 24.9. The Kier molecular flexibility index (Phi) is 12.6. The average molecular weight is 771 g/mol. The van der Waals surface area contributed by atoms with E-state index < -0.39 is 88.9 Å². The van der Waals surface area contributed by atoms with Crippen molar-refractivity contribution in [3.05, 3.63) is 175 Å².